The lowest BCUT2D eigenvalue weighted by Crippen LogP contribution is -2.56. The Kier molecular flexibility index (Phi) is 5.46. The van der Waals surface area contributed by atoms with Crippen molar-refractivity contribution < 1.29 is 13.9 Å². The summed E-state index contributed by atoms with van der Waals surface area (Å²) >= 11 is 0. The minimum atomic E-state index is 0.322. The number of piperidine rings is 1. The van der Waals surface area contributed by atoms with Gasteiger partial charge in [0.25, 0.3) is 0 Å². The number of likely N-dealkylation sites (tertiary alicyclic amines) is 1. The van der Waals surface area contributed by atoms with Crippen molar-refractivity contribution in [1.82, 2.24) is 9.80 Å². The van der Waals surface area contributed by atoms with Crippen LogP contribution < -0.4 is 0 Å². The van der Waals surface area contributed by atoms with E-state index in [-0.39, 0.29) is 0 Å². The zero-order chi connectivity index (χ0) is 17.1. The molecule has 5 heteroatoms. The lowest BCUT2D eigenvalue weighted by molar-refractivity contribution is -0.0878. The molecule has 2 saturated heterocycles. The van der Waals surface area contributed by atoms with Crippen molar-refractivity contribution in [3.63, 3.8) is 0 Å². The van der Waals surface area contributed by atoms with Crippen molar-refractivity contribution in [2.75, 3.05) is 53.1 Å². The Labute approximate surface area is 151 Å². The summed E-state index contributed by atoms with van der Waals surface area (Å²) in [6.07, 6.45) is 6.97. The molecule has 0 spiro atoms. The van der Waals surface area contributed by atoms with Crippen LogP contribution in [0.1, 0.15) is 31.4 Å². The van der Waals surface area contributed by atoms with Crippen LogP contribution in [0.2, 0.25) is 0 Å². The predicted molar refractivity (Wildman–Crippen MR) is 96.4 cm³/mol. The van der Waals surface area contributed by atoms with Crippen molar-refractivity contribution in [2.45, 2.75) is 38.3 Å². The standard InChI is InChI=1S/C20H32N2O3/c1-23-16-20-6-4-18(22-8-11-24-12-9-22)13-17(20)5-7-21(15-20)14-19-3-2-10-25-19/h2-3,10,17-18H,4-9,11-16H2,1H3/t17-,18-,20+/m1/s1. The van der Waals surface area contributed by atoms with Gasteiger partial charge in [-0.3, -0.25) is 9.80 Å². The van der Waals surface area contributed by atoms with Gasteiger partial charge >= 0.3 is 0 Å². The average Bonchev–Trinajstić information content (AvgIpc) is 3.15. The molecule has 0 unspecified atom stereocenters. The van der Waals surface area contributed by atoms with E-state index in [9.17, 15) is 0 Å². The molecular formula is C20H32N2O3. The van der Waals surface area contributed by atoms with Gasteiger partial charge in [-0.05, 0) is 50.3 Å². The van der Waals surface area contributed by atoms with Crippen LogP contribution in [-0.4, -0.2) is 69.0 Å². The number of morpholine rings is 1. The van der Waals surface area contributed by atoms with Gasteiger partial charge in [0, 0.05) is 38.2 Å². The van der Waals surface area contributed by atoms with Crippen molar-refractivity contribution in [1.29, 1.82) is 0 Å². The van der Waals surface area contributed by atoms with Crippen LogP contribution >= 0.6 is 0 Å². The highest BCUT2D eigenvalue weighted by molar-refractivity contribution is 5.03. The van der Waals surface area contributed by atoms with Crippen LogP contribution in [0.5, 0.6) is 0 Å². The second-order valence-electron chi connectivity index (χ2n) is 8.15. The fourth-order valence-electron chi connectivity index (χ4n) is 5.40. The molecule has 25 heavy (non-hydrogen) atoms. The number of rotatable bonds is 5. The summed E-state index contributed by atoms with van der Waals surface area (Å²) in [6, 6.07) is 4.82. The predicted octanol–water partition coefficient (Wildman–Crippen LogP) is 2.62. The smallest absolute Gasteiger partial charge is 0.117 e. The molecule has 1 aromatic rings. The summed E-state index contributed by atoms with van der Waals surface area (Å²) in [4.78, 5) is 5.25. The normalized spacial score (nSPS) is 34.8. The first-order valence-corrected chi connectivity index (χ1v) is 9.84. The van der Waals surface area contributed by atoms with Gasteiger partial charge in [-0.1, -0.05) is 0 Å². The number of hydrogen-bond donors (Lipinski definition) is 0. The molecule has 1 aromatic heterocycles. The van der Waals surface area contributed by atoms with E-state index in [1.54, 1.807) is 6.26 Å². The Morgan fingerprint density at radius 2 is 2.12 bits per heavy atom. The van der Waals surface area contributed by atoms with Crippen LogP contribution in [-0.2, 0) is 16.0 Å². The molecule has 2 aliphatic heterocycles. The van der Waals surface area contributed by atoms with Gasteiger partial charge in [0.2, 0.25) is 0 Å². The molecule has 5 nitrogen and oxygen atoms in total. The van der Waals surface area contributed by atoms with E-state index in [0.29, 0.717) is 5.41 Å². The topological polar surface area (TPSA) is 38.1 Å². The lowest BCUT2D eigenvalue weighted by atomic mass is 9.62. The van der Waals surface area contributed by atoms with Gasteiger partial charge < -0.3 is 13.9 Å². The Balaban J connectivity index is 1.42. The first kappa shape index (κ1) is 17.5. The van der Waals surface area contributed by atoms with Crippen molar-refractivity contribution in [3.8, 4) is 0 Å². The van der Waals surface area contributed by atoms with E-state index in [0.717, 1.165) is 63.7 Å². The highest BCUT2D eigenvalue weighted by Crippen LogP contribution is 2.48. The second-order valence-corrected chi connectivity index (χ2v) is 8.15. The molecule has 0 bridgehead atoms. The van der Waals surface area contributed by atoms with Crippen LogP contribution in [0.3, 0.4) is 0 Å². The van der Waals surface area contributed by atoms with E-state index in [1.807, 2.05) is 13.2 Å². The summed E-state index contributed by atoms with van der Waals surface area (Å²) in [5, 5.41) is 0. The molecule has 1 saturated carbocycles. The Morgan fingerprint density at radius 3 is 2.88 bits per heavy atom. The Morgan fingerprint density at radius 1 is 1.24 bits per heavy atom. The van der Waals surface area contributed by atoms with Gasteiger partial charge in [0.05, 0.1) is 32.6 Å². The molecular weight excluding hydrogens is 316 g/mol. The largest absolute Gasteiger partial charge is 0.468 e. The third kappa shape index (κ3) is 3.80. The van der Waals surface area contributed by atoms with E-state index >= 15 is 0 Å². The third-order valence-electron chi connectivity index (χ3n) is 6.68. The molecule has 0 radical (unpaired) electrons. The maximum absolute atomic E-state index is 5.72. The fraction of sp³-hybridized carbons (Fsp3) is 0.800. The van der Waals surface area contributed by atoms with Crippen LogP contribution in [0.4, 0.5) is 0 Å². The van der Waals surface area contributed by atoms with Crippen molar-refractivity contribution in [3.05, 3.63) is 24.2 Å². The molecule has 4 rings (SSSR count). The number of furan rings is 1. The third-order valence-corrected chi connectivity index (χ3v) is 6.68. The fourth-order valence-corrected chi connectivity index (χ4v) is 5.40. The number of nitrogens with zero attached hydrogens (tertiary/aromatic N) is 2. The maximum Gasteiger partial charge on any atom is 0.117 e. The molecule has 3 fully saturated rings. The summed E-state index contributed by atoms with van der Waals surface area (Å²) in [7, 11) is 1.87. The molecule has 3 atom stereocenters. The molecule has 0 N–H and O–H groups in total. The monoisotopic (exact) mass is 348 g/mol. The average molecular weight is 348 g/mol. The lowest BCUT2D eigenvalue weighted by Gasteiger charge is -2.54. The minimum absolute atomic E-state index is 0.322. The summed E-state index contributed by atoms with van der Waals surface area (Å²) in [5.74, 6) is 1.86. The summed E-state index contributed by atoms with van der Waals surface area (Å²) in [5.41, 5.74) is 0.322. The zero-order valence-corrected chi connectivity index (χ0v) is 15.5. The highest BCUT2D eigenvalue weighted by Gasteiger charge is 2.47. The highest BCUT2D eigenvalue weighted by atomic mass is 16.5. The van der Waals surface area contributed by atoms with Gasteiger partial charge in [-0.15, -0.1) is 0 Å². The zero-order valence-electron chi connectivity index (χ0n) is 15.5. The summed E-state index contributed by atoms with van der Waals surface area (Å²) in [6.45, 7) is 8.16. The van der Waals surface area contributed by atoms with Crippen molar-refractivity contribution in [2.24, 2.45) is 11.3 Å². The van der Waals surface area contributed by atoms with Gasteiger partial charge in [-0.25, -0.2) is 0 Å². The number of ether oxygens (including phenoxy) is 2. The van der Waals surface area contributed by atoms with Crippen LogP contribution in [0, 0.1) is 11.3 Å². The van der Waals surface area contributed by atoms with Gasteiger partial charge in [0.1, 0.15) is 5.76 Å². The molecule has 0 amide bonds. The summed E-state index contributed by atoms with van der Waals surface area (Å²) < 4.78 is 16.8. The second kappa shape index (κ2) is 7.78. The van der Waals surface area contributed by atoms with Gasteiger partial charge in [-0.2, -0.15) is 0 Å². The van der Waals surface area contributed by atoms with E-state index in [4.69, 9.17) is 13.9 Å². The van der Waals surface area contributed by atoms with E-state index < -0.39 is 0 Å². The van der Waals surface area contributed by atoms with E-state index in [1.165, 1.54) is 32.2 Å². The quantitative estimate of drug-likeness (QED) is 0.818. The maximum atomic E-state index is 5.72. The first-order valence-electron chi connectivity index (χ1n) is 9.84. The number of fused-ring (bicyclic) bond motifs is 1. The van der Waals surface area contributed by atoms with Gasteiger partial charge in [0.15, 0.2) is 0 Å². The van der Waals surface area contributed by atoms with Crippen LogP contribution in [0.15, 0.2) is 22.8 Å². The van der Waals surface area contributed by atoms with Crippen LogP contribution in [0.25, 0.3) is 0 Å². The van der Waals surface area contributed by atoms with E-state index in [2.05, 4.69) is 15.9 Å². The molecule has 3 heterocycles. The minimum Gasteiger partial charge on any atom is -0.468 e. The Hall–Kier alpha value is -0.880. The molecule has 140 valence electrons. The SMILES string of the molecule is COC[C@@]12CC[C@@H](N3CCOCC3)C[C@H]1CCN(Cc1ccco1)C2. The molecule has 1 aliphatic carbocycles. The number of methoxy groups -OCH3 is 1. The molecule has 0 aromatic carbocycles. The number of hydrogen-bond acceptors (Lipinski definition) is 5. The Bertz CT molecular complexity index is 529. The molecule has 3 aliphatic rings. The first-order chi connectivity index (χ1) is 12.3. The van der Waals surface area contributed by atoms with Crippen molar-refractivity contribution >= 4 is 0 Å².